The average molecular weight is 297 g/mol. The molecule has 0 spiro atoms. The van der Waals surface area contributed by atoms with E-state index in [4.69, 9.17) is 5.73 Å². The van der Waals surface area contributed by atoms with Gasteiger partial charge < -0.3 is 16.0 Å². The summed E-state index contributed by atoms with van der Waals surface area (Å²) in [4.78, 5) is 26.7. The summed E-state index contributed by atoms with van der Waals surface area (Å²) in [5, 5.41) is 3.35. The lowest BCUT2D eigenvalue weighted by atomic mass is 10.1. The molecule has 112 valence electrons. The van der Waals surface area contributed by atoms with Crippen molar-refractivity contribution in [3.63, 3.8) is 0 Å². The van der Waals surface area contributed by atoms with Gasteiger partial charge in [0, 0.05) is 26.6 Å². The zero-order valence-electron chi connectivity index (χ0n) is 12.7. The molecule has 5 nitrogen and oxygen atoms in total. The molecule has 20 heavy (non-hydrogen) atoms. The SMILES string of the molecule is CCCN(C)c1sc(C(=O)C(C)C)c(N)c1C(=O)NC. The summed E-state index contributed by atoms with van der Waals surface area (Å²) in [6.45, 7) is 6.53. The molecule has 1 rings (SSSR count). The van der Waals surface area contributed by atoms with Crippen LogP contribution in [-0.2, 0) is 0 Å². The Bertz CT molecular complexity index is 509. The number of hydrogen-bond donors (Lipinski definition) is 2. The molecule has 0 aromatic carbocycles. The molecule has 0 saturated carbocycles. The number of thiophene rings is 1. The van der Waals surface area contributed by atoms with E-state index in [1.54, 1.807) is 7.05 Å². The summed E-state index contributed by atoms with van der Waals surface area (Å²) in [6.07, 6.45) is 0.953. The molecule has 1 heterocycles. The van der Waals surface area contributed by atoms with Crippen LogP contribution in [0.25, 0.3) is 0 Å². The van der Waals surface area contributed by atoms with Gasteiger partial charge in [0.25, 0.3) is 5.91 Å². The van der Waals surface area contributed by atoms with Crippen molar-refractivity contribution in [3.05, 3.63) is 10.4 Å². The van der Waals surface area contributed by atoms with Crippen LogP contribution in [0.15, 0.2) is 0 Å². The number of amides is 1. The summed E-state index contributed by atoms with van der Waals surface area (Å²) >= 11 is 1.30. The lowest BCUT2D eigenvalue weighted by Crippen LogP contribution is -2.24. The highest BCUT2D eigenvalue weighted by atomic mass is 32.1. The number of anilines is 2. The minimum absolute atomic E-state index is 0.0196. The molecule has 0 radical (unpaired) electrons. The van der Waals surface area contributed by atoms with Crippen molar-refractivity contribution in [2.75, 3.05) is 31.3 Å². The first kappa shape index (κ1) is 16.5. The summed E-state index contributed by atoms with van der Waals surface area (Å²) in [5.41, 5.74) is 6.77. The molecule has 0 aliphatic carbocycles. The van der Waals surface area contributed by atoms with Gasteiger partial charge in [0.2, 0.25) is 0 Å². The van der Waals surface area contributed by atoms with Gasteiger partial charge in [-0.1, -0.05) is 20.8 Å². The van der Waals surface area contributed by atoms with E-state index in [0.29, 0.717) is 16.1 Å². The molecule has 3 N–H and O–H groups in total. The van der Waals surface area contributed by atoms with Gasteiger partial charge in [-0.15, -0.1) is 11.3 Å². The maximum atomic E-state index is 12.2. The Morgan fingerprint density at radius 3 is 2.45 bits per heavy atom. The molecular weight excluding hydrogens is 274 g/mol. The molecule has 0 aliphatic heterocycles. The van der Waals surface area contributed by atoms with Gasteiger partial charge in [0.05, 0.1) is 16.1 Å². The fourth-order valence-electron chi connectivity index (χ4n) is 1.93. The lowest BCUT2D eigenvalue weighted by Gasteiger charge is -2.17. The van der Waals surface area contributed by atoms with Crippen LogP contribution in [0.2, 0.25) is 0 Å². The number of nitrogen functional groups attached to an aromatic ring is 1. The van der Waals surface area contributed by atoms with Gasteiger partial charge >= 0.3 is 0 Å². The highest BCUT2D eigenvalue weighted by Crippen LogP contribution is 2.39. The van der Waals surface area contributed by atoms with Gasteiger partial charge in [-0.05, 0) is 6.42 Å². The van der Waals surface area contributed by atoms with Crippen molar-refractivity contribution in [1.29, 1.82) is 0 Å². The second kappa shape index (κ2) is 6.74. The summed E-state index contributed by atoms with van der Waals surface area (Å²) in [7, 11) is 3.47. The molecule has 1 aromatic rings. The molecule has 0 bridgehead atoms. The van der Waals surface area contributed by atoms with Crippen LogP contribution >= 0.6 is 11.3 Å². The topological polar surface area (TPSA) is 75.4 Å². The van der Waals surface area contributed by atoms with E-state index in [9.17, 15) is 9.59 Å². The van der Waals surface area contributed by atoms with Crippen LogP contribution in [0.3, 0.4) is 0 Å². The van der Waals surface area contributed by atoms with Crippen LogP contribution in [0, 0.1) is 5.92 Å². The molecule has 0 saturated heterocycles. The molecule has 1 amide bonds. The Hall–Kier alpha value is -1.56. The minimum atomic E-state index is -0.250. The number of rotatable bonds is 6. The van der Waals surface area contributed by atoms with Crippen LogP contribution in [0.1, 0.15) is 47.2 Å². The number of hydrogen-bond acceptors (Lipinski definition) is 5. The quantitative estimate of drug-likeness (QED) is 0.790. The first-order valence-electron chi connectivity index (χ1n) is 6.74. The molecule has 6 heteroatoms. The van der Waals surface area contributed by atoms with Crippen molar-refractivity contribution in [3.8, 4) is 0 Å². The predicted octanol–water partition coefficient (Wildman–Crippen LogP) is 2.37. The molecular formula is C14H23N3O2S. The number of carbonyl (C=O) groups excluding carboxylic acids is 2. The minimum Gasteiger partial charge on any atom is -0.397 e. The third-order valence-electron chi connectivity index (χ3n) is 3.03. The molecule has 0 atom stereocenters. The van der Waals surface area contributed by atoms with Crippen molar-refractivity contribution >= 4 is 33.7 Å². The van der Waals surface area contributed by atoms with E-state index in [1.807, 2.05) is 25.8 Å². The zero-order valence-corrected chi connectivity index (χ0v) is 13.6. The molecule has 0 unspecified atom stereocenters. The standard InChI is InChI=1S/C14H23N3O2S/c1-6-7-17(5)14-9(13(19)16-4)10(15)12(20-14)11(18)8(2)3/h8H,6-7,15H2,1-5H3,(H,16,19). The van der Waals surface area contributed by atoms with Crippen molar-refractivity contribution in [2.24, 2.45) is 5.92 Å². The maximum absolute atomic E-state index is 12.2. The monoisotopic (exact) mass is 297 g/mol. The van der Waals surface area contributed by atoms with Crippen molar-refractivity contribution in [2.45, 2.75) is 27.2 Å². The van der Waals surface area contributed by atoms with Gasteiger partial charge in [-0.3, -0.25) is 9.59 Å². The Kier molecular flexibility index (Phi) is 5.56. The fraction of sp³-hybridized carbons (Fsp3) is 0.571. The number of nitrogens with one attached hydrogen (secondary N) is 1. The summed E-state index contributed by atoms with van der Waals surface area (Å²) < 4.78 is 0. The van der Waals surface area contributed by atoms with Crippen LogP contribution in [0.5, 0.6) is 0 Å². The Labute approximate surface area is 124 Å². The second-order valence-electron chi connectivity index (χ2n) is 5.04. The van der Waals surface area contributed by atoms with Crippen molar-refractivity contribution < 1.29 is 9.59 Å². The summed E-state index contributed by atoms with van der Waals surface area (Å²) in [5.74, 6) is -0.411. The van der Waals surface area contributed by atoms with E-state index in [1.165, 1.54) is 11.3 Å². The number of ketones is 1. The molecule has 0 fully saturated rings. The first-order valence-corrected chi connectivity index (χ1v) is 7.56. The Morgan fingerprint density at radius 1 is 1.40 bits per heavy atom. The Balaban J connectivity index is 3.38. The van der Waals surface area contributed by atoms with Gasteiger partial charge in [-0.2, -0.15) is 0 Å². The fourth-order valence-corrected chi connectivity index (χ4v) is 3.22. The molecule has 0 aliphatic rings. The zero-order chi connectivity index (χ0) is 15.4. The third-order valence-corrected chi connectivity index (χ3v) is 4.37. The van der Waals surface area contributed by atoms with Crippen LogP contribution < -0.4 is 16.0 Å². The predicted molar refractivity (Wildman–Crippen MR) is 84.9 cm³/mol. The third kappa shape index (κ3) is 3.12. The van der Waals surface area contributed by atoms with E-state index >= 15 is 0 Å². The van der Waals surface area contributed by atoms with E-state index in [0.717, 1.165) is 18.0 Å². The Morgan fingerprint density at radius 2 is 2.00 bits per heavy atom. The van der Waals surface area contributed by atoms with Gasteiger partial charge in [-0.25, -0.2) is 0 Å². The second-order valence-corrected chi connectivity index (χ2v) is 6.04. The van der Waals surface area contributed by atoms with Crippen LogP contribution in [-0.4, -0.2) is 32.3 Å². The number of carbonyl (C=O) groups is 2. The summed E-state index contributed by atoms with van der Waals surface area (Å²) in [6, 6.07) is 0. The van der Waals surface area contributed by atoms with E-state index < -0.39 is 0 Å². The van der Waals surface area contributed by atoms with Crippen LogP contribution in [0.4, 0.5) is 10.7 Å². The average Bonchev–Trinajstić information content (AvgIpc) is 2.74. The number of nitrogens with zero attached hydrogens (tertiary/aromatic N) is 1. The first-order chi connectivity index (χ1) is 9.34. The van der Waals surface area contributed by atoms with E-state index in [-0.39, 0.29) is 17.6 Å². The highest BCUT2D eigenvalue weighted by molar-refractivity contribution is 7.19. The lowest BCUT2D eigenvalue weighted by molar-refractivity contribution is 0.0944. The van der Waals surface area contributed by atoms with E-state index in [2.05, 4.69) is 12.2 Å². The van der Waals surface area contributed by atoms with Crippen molar-refractivity contribution in [1.82, 2.24) is 5.32 Å². The number of Topliss-reactive ketones (excluding diaryl/α,β-unsaturated/α-hetero) is 1. The van der Waals surface area contributed by atoms with Gasteiger partial charge in [0.1, 0.15) is 5.00 Å². The molecule has 1 aromatic heterocycles. The highest BCUT2D eigenvalue weighted by Gasteiger charge is 2.27. The largest absolute Gasteiger partial charge is 0.397 e. The smallest absolute Gasteiger partial charge is 0.256 e. The maximum Gasteiger partial charge on any atom is 0.256 e. The van der Waals surface area contributed by atoms with Gasteiger partial charge in [0.15, 0.2) is 5.78 Å². The number of nitrogens with two attached hydrogens (primary N) is 1. The normalized spacial score (nSPS) is 10.7.